The number of hydrogen-bond donors (Lipinski definition) is 2. The Hall–Kier alpha value is -2.54. The maximum Gasteiger partial charge on any atom is 0.352 e. The van der Waals surface area contributed by atoms with Gasteiger partial charge in [-0.1, -0.05) is 36.4 Å². The monoisotopic (exact) mass is 386 g/mol. The van der Waals surface area contributed by atoms with E-state index in [0.29, 0.717) is 5.75 Å². The maximum absolute atomic E-state index is 12.1. The normalized spacial score (nSPS) is 23.0. The molecule has 3 aliphatic rings. The molecule has 1 aromatic carbocycles. The van der Waals surface area contributed by atoms with E-state index in [1.165, 1.54) is 35.6 Å². The Morgan fingerprint density at radius 2 is 2.00 bits per heavy atom. The van der Waals surface area contributed by atoms with Crippen molar-refractivity contribution in [2.45, 2.75) is 30.7 Å². The fraction of sp³-hybridized carbons (Fsp3) is 0.350. The Balaban J connectivity index is 0.000000364. The van der Waals surface area contributed by atoms with E-state index in [-0.39, 0.29) is 29.3 Å². The minimum absolute atomic E-state index is 0.00214. The molecule has 2 amide bonds. The molecule has 142 valence electrons. The number of carboxylic acids is 1. The highest BCUT2D eigenvalue weighted by Gasteiger charge is 2.52. The van der Waals surface area contributed by atoms with Crippen LogP contribution in [0, 0.1) is 5.92 Å². The summed E-state index contributed by atoms with van der Waals surface area (Å²) >= 11 is 1.44. The van der Waals surface area contributed by atoms with Gasteiger partial charge in [-0.3, -0.25) is 14.5 Å². The molecule has 2 N–H and O–H groups in total. The Kier molecular flexibility index (Phi) is 6.01. The second-order valence-electron chi connectivity index (χ2n) is 6.61. The largest absolute Gasteiger partial charge is 0.477 e. The quantitative estimate of drug-likeness (QED) is 0.598. The van der Waals surface area contributed by atoms with Gasteiger partial charge in [0.2, 0.25) is 5.91 Å². The lowest BCUT2D eigenvalue weighted by Gasteiger charge is -2.48. The Morgan fingerprint density at radius 3 is 2.56 bits per heavy atom. The second-order valence-corrected chi connectivity index (χ2v) is 7.76. The van der Waals surface area contributed by atoms with E-state index in [9.17, 15) is 14.4 Å². The van der Waals surface area contributed by atoms with Crippen molar-refractivity contribution in [1.82, 2.24) is 10.2 Å². The molecule has 6 nitrogen and oxygen atoms in total. The van der Waals surface area contributed by atoms with Crippen molar-refractivity contribution < 1.29 is 19.5 Å². The molecule has 7 heteroatoms. The van der Waals surface area contributed by atoms with E-state index in [2.05, 4.69) is 11.9 Å². The van der Waals surface area contributed by atoms with Crippen molar-refractivity contribution in [1.29, 1.82) is 0 Å². The van der Waals surface area contributed by atoms with Gasteiger partial charge >= 0.3 is 5.97 Å². The van der Waals surface area contributed by atoms with Crippen LogP contribution < -0.4 is 5.32 Å². The standard InChI is InChI=1S/C15H14N2O4S.C5H8/c18-11(8-9-4-2-1-3-5-9)16-12-13(19)17-10(15(20)21)6-7-22-14(12)17;1-2-5-3-4-5/h1-6,12,14H,7-8H2,(H,16,18)(H,20,21);2,5H,1,3-4H2/t12?,14-;/m1./s1. The van der Waals surface area contributed by atoms with Crippen LogP contribution in [-0.2, 0) is 20.8 Å². The van der Waals surface area contributed by atoms with Crippen LogP contribution in [0.1, 0.15) is 18.4 Å². The third kappa shape index (κ3) is 4.60. The summed E-state index contributed by atoms with van der Waals surface area (Å²) in [6.45, 7) is 3.62. The molecule has 27 heavy (non-hydrogen) atoms. The third-order valence-electron chi connectivity index (χ3n) is 4.54. The van der Waals surface area contributed by atoms with Crippen LogP contribution in [0.3, 0.4) is 0 Å². The van der Waals surface area contributed by atoms with Crippen molar-refractivity contribution in [2.75, 3.05) is 5.75 Å². The number of benzene rings is 1. The van der Waals surface area contributed by atoms with E-state index in [1.54, 1.807) is 0 Å². The first-order valence-corrected chi connectivity index (χ1v) is 9.90. The van der Waals surface area contributed by atoms with Gasteiger partial charge in [-0.2, -0.15) is 0 Å². The molecule has 2 aliphatic heterocycles. The first-order chi connectivity index (χ1) is 13.0. The summed E-state index contributed by atoms with van der Waals surface area (Å²) < 4.78 is 0. The Bertz CT molecular complexity index is 773. The van der Waals surface area contributed by atoms with Gasteiger partial charge in [0.1, 0.15) is 17.1 Å². The number of rotatable bonds is 5. The number of nitrogens with one attached hydrogen (secondary N) is 1. The molecule has 0 radical (unpaired) electrons. The average molecular weight is 386 g/mol. The Morgan fingerprint density at radius 1 is 1.30 bits per heavy atom. The lowest BCUT2D eigenvalue weighted by atomic mass is 10.0. The minimum Gasteiger partial charge on any atom is -0.477 e. The number of carboxylic acid groups (broad SMARTS) is 1. The van der Waals surface area contributed by atoms with Crippen LogP contribution in [0.5, 0.6) is 0 Å². The molecule has 1 aliphatic carbocycles. The van der Waals surface area contributed by atoms with Gasteiger partial charge in [-0.25, -0.2) is 4.79 Å². The fourth-order valence-corrected chi connectivity index (χ4v) is 4.07. The van der Waals surface area contributed by atoms with E-state index in [4.69, 9.17) is 5.11 Å². The van der Waals surface area contributed by atoms with E-state index in [0.717, 1.165) is 11.5 Å². The predicted molar refractivity (Wildman–Crippen MR) is 104 cm³/mol. The summed E-state index contributed by atoms with van der Waals surface area (Å²) in [5.74, 6) is -0.313. The summed E-state index contributed by atoms with van der Waals surface area (Å²) in [5.41, 5.74) is 0.869. The average Bonchev–Trinajstić information content (AvgIpc) is 3.51. The van der Waals surface area contributed by atoms with Gasteiger partial charge in [0, 0.05) is 5.75 Å². The van der Waals surface area contributed by atoms with Crippen LogP contribution >= 0.6 is 11.8 Å². The molecule has 0 bridgehead atoms. The van der Waals surface area contributed by atoms with Gasteiger partial charge in [-0.15, -0.1) is 18.3 Å². The number of β-lactam (4-membered cyclic amide) rings is 1. The molecule has 2 heterocycles. The van der Waals surface area contributed by atoms with Gasteiger partial charge in [0.25, 0.3) is 5.91 Å². The molecule has 0 spiro atoms. The lowest BCUT2D eigenvalue weighted by molar-refractivity contribution is -0.150. The topological polar surface area (TPSA) is 86.7 Å². The van der Waals surface area contributed by atoms with Crippen LogP contribution in [0.15, 0.2) is 54.8 Å². The molecule has 1 unspecified atom stereocenters. The number of hydrogen-bond acceptors (Lipinski definition) is 4. The highest BCUT2D eigenvalue weighted by atomic mass is 32.2. The highest BCUT2D eigenvalue weighted by molar-refractivity contribution is 8.00. The SMILES string of the molecule is C=CC1CC1.O=C(Cc1ccccc1)NC1C(=O)N2C(C(=O)O)=CCS[C@H]12. The first kappa shape index (κ1) is 19.2. The van der Waals surface area contributed by atoms with Crippen molar-refractivity contribution >= 4 is 29.5 Å². The zero-order valence-electron chi connectivity index (χ0n) is 14.8. The molecule has 1 saturated carbocycles. The Labute approximate surface area is 162 Å². The second kappa shape index (κ2) is 8.43. The predicted octanol–water partition coefficient (Wildman–Crippen LogP) is 2.18. The van der Waals surface area contributed by atoms with Crippen LogP contribution in [0.2, 0.25) is 0 Å². The number of aliphatic carboxylic acids is 1. The number of carbonyl (C=O) groups is 3. The third-order valence-corrected chi connectivity index (χ3v) is 5.73. The van der Waals surface area contributed by atoms with Crippen molar-refractivity contribution in [3.05, 3.63) is 60.3 Å². The van der Waals surface area contributed by atoms with Gasteiger partial charge < -0.3 is 10.4 Å². The summed E-state index contributed by atoms with van der Waals surface area (Å²) in [6, 6.07) is 8.60. The summed E-state index contributed by atoms with van der Waals surface area (Å²) in [6.07, 6.45) is 6.53. The number of thioether (sulfide) groups is 1. The molecular weight excluding hydrogens is 364 g/mol. The van der Waals surface area contributed by atoms with Crippen molar-refractivity contribution in [3.8, 4) is 0 Å². The van der Waals surface area contributed by atoms with Gasteiger partial charge in [0.05, 0.1) is 6.42 Å². The van der Waals surface area contributed by atoms with E-state index < -0.39 is 12.0 Å². The molecule has 1 saturated heterocycles. The molecule has 1 aromatic rings. The minimum atomic E-state index is -1.12. The fourth-order valence-electron chi connectivity index (χ4n) is 2.88. The van der Waals surface area contributed by atoms with E-state index in [1.807, 2.05) is 36.4 Å². The molecule has 0 aromatic heterocycles. The molecular formula is C20H22N2O4S. The molecule has 2 atom stereocenters. The molecule has 4 rings (SSSR count). The number of nitrogens with zero attached hydrogens (tertiary/aromatic N) is 1. The number of allylic oxidation sites excluding steroid dienone is 1. The van der Waals surface area contributed by atoms with Gasteiger partial charge in [0.15, 0.2) is 0 Å². The zero-order chi connectivity index (χ0) is 19.4. The maximum atomic E-state index is 12.1. The summed E-state index contributed by atoms with van der Waals surface area (Å²) in [7, 11) is 0. The van der Waals surface area contributed by atoms with Crippen LogP contribution in [-0.4, -0.2) is 45.0 Å². The zero-order valence-corrected chi connectivity index (χ0v) is 15.7. The highest BCUT2D eigenvalue weighted by Crippen LogP contribution is 2.37. The van der Waals surface area contributed by atoms with Crippen LogP contribution in [0.25, 0.3) is 0 Å². The number of fused-ring (bicyclic) bond motifs is 1. The smallest absolute Gasteiger partial charge is 0.352 e. The summed E-state index contributed by atoms with van der Waals surface area (Å²) in [4.78, 5) is 36.5. The summed E-state index contributed by atoms with van der Waals surface area (Å²) in [5, 5.41) is 11.5. The van der Waals surface area contributed by atoms with Gasteiger partial charge in [-0.05, 0) is 30.4 Å². The first-order valence-electron chi connectivity index (χ1n) is 8.85. The van der Waals surface area contributed by atoms with Crippen LogP contribution in [0.4, 0.5) is 0 Å². The van der Waals surface area contributed by atoms with Crippen molar-refractivity contribution in [3.63, 3.8) is 0 Å². The molecule has 2 fully saturated rings. The number of amides is 2. The number of carbonyl (C=O) groups excluding carboxylic acids is 2. The van der Waals surface area contributed by atoms with Crippen molar-refractivity contribution in [2.24, 2.45) is 5.92 Å². The lowest BCUT2D eigenvalue weighted by Crippen LogP contribution is -2.70. The van der Waals surface area contributed by atoms with E-state index >= 15 is 0 Å².